The fourth-order valence-corrected chi connectivity index (χ4v) is 1.81. The van der Waals surface area contributed by atoms with Gasteiger partial charge in [0.15, 0.2) is 0 Å². The minimum Gasteiger partial charge on any atom is -0.325 e. The number of alkyl halides is 4. The summed E-state index contributed by atoms with van der Waals surface area (Å²) in [6, 6.07) is 0. The van der Waals surface area contributed by atoms with Crippen LogP contribution in [0.3, 0.4) is 0 Å². The van der Waals surface area contributed by atoms with Crippen LogP contribution in [0.5, 0.6) is 0 Å². The van der Waals surface area contributed by atoms with Crippen molar-refractivity contribution in [3.63, 3.8) is 0 Å². The smallest absolute Gasteiger partial charge is 0.260 e. The van der Waals surface area contributed by atoms with Crippen LogP contribution >= 0.6 is 0 Å². The fraction of sp³-hybridized carbons (Fsp3) is 1.00. The van der Waals surface area contributed by atoms with Gasteiger partial charge >= 0.3 is 0 Å². The maximum Gasteiger partial charge on any atom is 0.260 e. The molecule has 0 bridgehead atoms. The summed E-state index contributed by atoms with van der Waals surface area (Å²) in [7, 11) is 0. The van der Waals surface area contributed by atoms with Gasteiger partial charge in [-0.2, -0.15) is 0 Å². The number of hydrogen-bond acceptors (Lipinski definition) is 1. The molecule has 1 saturated carbocycles. The van der Waals surface area contributed by atoms with E-state index in [1.165, 1.54) is 0 Å². The molecule has 0 radical (unpaired) electrons. The van der Waals surface area contributed by atoms with Crippen LogP contribution < -0.4 is 5.73 Å². The molecule has 0 amide bonds. The van der Waals surface area contributed by atoms with Gasteiger partial charge in [0.1, 0.15) is 0 Å². The Labute approximate surface area is 80.7 Å². The summed E-state index contributed by atoms with van der Waals surface area (Å²) in [6.07, 6.45) is -0.513. The molecule has 0 aromatic rings. The molecular weight excluding hydrogens is 198 g/mol. The molecule has 0 aromatic heterocycles. The lowest BCUT2D eigenvalue weighted by Gasteiger charge is -2.30. The van der Waals surface area contributed by atoms with E-state index in [9.17, 15) is 17.6 Å². The molecule has 84 valence electrons. The molecule has 2 N–H and O–H groups in total. The molecule has 1 rings (SSSR count). The fourth-order valence-electron chi connectivity index (χ4n) is 1.81. The van der Waals surface area contributed by atoms with Crippen molar-refractivity contribution in [2.75, 3.05) is 6.54 Å². The summed E-state index contributed by atoms with van der Waals surface area (Å²) in [5.74, 6) is -5.83. The van der Waals surface area contributed by atoms with Crippen molar-refractivity contribution in [1.82, 2.24) is 0 Å². The monoisotopic (exact) mass is 213 g/mol. The minimum atomic E-state index is -2.89. The maximum absolute atomic E-state index is 12.8. The van der Waals surface area contributed by atoms with Crippen LogP contribution in [0.2, 0.25) is 0 Å². The third kappa shape index (κ3) is 3.44. The van der Waals surface area contributed by atoms with E-state index in [4.69, 9.17) is 5.73 Å². The molecule has 14 heavy (non-hydrogen) atoms. The van der Waals surface area contributed by atoms with E-state index in [0.29, 0.717) is 0 Å². The average Bonchev–Trinajstić information content (AvgIpc) is 2.09. The highest BCUT2D eigenvalue weighted by Gasteiger charge is 2.38. The summed E-state index contributed by atoms with van der Waals surface area (Å²) in [6.45, 7) is -0.695. The summed E-state index contributed by atoms with van der Waals surface area (Å²) < 4.78 is 51.0. The largest absolute Gasteiger partial charge is 0.325 e. The highest BCUT2D eigenvalue weighted by Crippen LogP contribution is 2.39. The zero-order valence-electron chi connectivity index (χ0n) is 7.91. The second kappa shape index (κ2) is 4.04. The molecule has 0 saturated heterocycles. The van der Waals surface area contributed by atoms with Crippen molar-refractivity contribution >= 4 is 0 Å². The van der Waals surface area contributed by atoms with Crippen molar-refractivity contribution in [2.45, 2.75) is 43.9 Å². The normalized spacial score (nSPS) is 23.8. The van der Waals surface area contributed by atoms with E-state index < -0.39 is 18.4 Å². The predicted octanol–water partition coefficient (Wildman–Crippen LogP) is 2.80. The number of rotatable bonds is 3. The Morgan fingerprint density at radius 1 is 1.21 bits per heavy atom. The quantitative estimate of drug-likeness (QED) is 0.717. The Kier molecular flexibility index (Phi) is 3.40. The van der Waals surface area contributed by atoms with E-state index in [-0.39, 0.29) is 38.0 Å². The number of halogens is 4. The number of nitrogens with two attached hydrogens (primary N) is 1. The van der Waals surface area contributed by atoms with Crippen molar-refractivity contribution in [3.05, 3.63) is 0 Å². The van der Waals surface area contributed by atoms with Crippen LogP contribution in [-0.4, -0.2) is 18.4 Å². The van der Waals surface area contributed by atoms with Gasteiger partial charge in [-0.25, -0.2) is 17.6 Å². The molecule has 0 heterocycles. The lowest BCUT2D eigenvalue weighted by atomic mass is 9.83. The summed E-state index contributed by atoms with van der Waals surface area (Å²) >= 11 is 0. The highest BCUT2D eigenvalue weighted by molar-refractivity contribution is 4.81. The van der Waals surface area contributed by atoms with Gasteiger partial charge in [-0.15, -0.1) is 0 Å². The lowest BCUT2D eigenvalue weighted by Crippen LogP contribution is -2.33. The molecular formula is C9H15F4N. The van der Waals surface area contributed by atoms with Gasteiger partial charge in [0, 0.05) is 19.3 Å². The van der Waals surface area contributed by atoms with E-state index in [1.54, 1.807) is 0 Å². The van der Waals surface area contributed by atoms with Crippen LogP contribution in [0.4, 0.5) is 17.6 Å². The van der Waals surface area contributed by atoms with Crippen molar-refractivity contribution in [2.24, 2.45) is 11.7 Å². The third-order valence-electron chi connectivity index (χ3n) is 2.72. The minimum absolute atomic E-state index is 0.183. The van der Waals surface area contributed by atoms with Crippen LogP contribution in [0.15, 0.2) is 0 Å². The topological polar surface area (TPSA) is 26.0 Å². The zero-order chi connectivity index (χ0) is 10.8. The van der Waals surface area contributed by atoms with Gasteiger partial charge in [0.25, 0.3) is 5.92 Å². The van der Waals surface area contributed by atoms with Gasteiger partial charge in [-0.1, -0.05) is 0 Å². The molecule has 5 heteroatoms. The van der Waals surface area contributed by atoms with Crippen LogP contribution in [0.25, 0.3) is 0 Å². The molecule has 0 aliphatic heterocycles. The molecule has 0 spiro atoms. The lowest BCUT2D eigenvalue weighted by molar-refractivity contribution is -0.0681. The van der Waals surface area contributed by atoms with Gasteiger partial charge < -0.3 is 5.73 Å². The van der Waals surface area contributed by atoms with E-state index in [0.717, 1.165) is 0 Å². The Bertz CT molecular complexity index is 183. The van der Waals surface area contributed by atoms with Gasteiger partial charge in [-0.05, 0) is 18.8 Å². The SMILES string of the molecule is NCC(F)(F)CC1CCC(F)(F)CC1. The first-order valence-electron chi connectivity index (χ1n) is 4.80. The third-order valence-corrected chi connectivity index (χ3v) is 2.72. The van der Waals surface area contributed by atoms with Gasteiger partial charge in [0.2, 0.25) is 5.92 Å². The Hall–Kier alpha value is -0.320. The van der Waals surface area contributed by atoms with E-state index in [2.05, 4.69) is 0 Å². The second-order valence-electron chi connectivity index (χ2n) is 4.06. The van der Waals surface area contributed by atoms with Crippen molar-refractivity contribution < 1.29 is 17.6 Å². The van der Waals surface area contributed by atoms with Crippen LogP contribution in [0.1, 0.15) is 32.1 Å². The summed E-state index contributed by atoms with van der Waals surface area (Å²) in [5, 5.41) is 0. The molecule has 0 atom stereocenters. The zero-order valence-corrected chi connectivity index (χ0v) is 7.91. The Morgan fingerprint density at radius 2 is 1.71 bits per heavy atom. The molecule has 1 fully saturated rings. The van der Waals surface area contributed by atoms with E-state index >= 15 is 0 Å². The average molecular weight is 213 g/mol. The van der Waals surface area contributed by atoms with E-state index in [1.807, 2.05) is 0 Å². The molecule has 1 aliphatic carbocycles. The standard InChI is InChI=1S/C9H15F4N/c10-8(11)3-1-7(2-4-8)5-9(12,13)6-14/h7H,1-6,14H2. The van der Waals surface area contributed by atoms with Crippen LogP contribution in [0, 0.1) is 5.92 Å². The molecule has 0 aromatic carbocycles. The Morgan fingerprint density at radius 3 is 2.14 bits per heavy atom. The highest BCUT2D eigenvalue weighted by atomic mass is 19.3. The van der Waals surface area contributed by atoms with Crippen molar-refractivity contribution in [1.29, 1.82) is 0 Å². The Balaban J connectivity index is 2.36. The van der Waals surface area contributed by atoms with Crippen molar-refractivity contribution in [3.8, 4) is 0 Å². The molecule has 1 nitrogen and oxygen atoms in total. The first kappa shape index (κ1) is 11.8. The first-order chi connectivity index (χ1) is 6.35. The first-order valence-corrected chi connectivity index (χ1v) is 4.80. The summed E-state index contributed by atoms with van der Waals surface area (Å²) in [4.78, 5) is 0. The summed E-state index contributed by atoms with van der Waals surface area (Å²) in [5.41, 5.74) is 4.88. The maximum atomic E-state index is 12.8. The predicted molar refractivity (Wildman–Crippen MR) is 45.5 cm³/mol. The molecule has 1 aliphatic rings. The van der Waals surface area contributed by atoms with Gasteiger partial charge in [0.05, 0.1) is 6.54 Å². The number of hydrogen-bond donors (Lipinski definition) is 1. The van der Waals surface area contributed by atoms with Gasteiger partial charge in [-0.3, -0.25) is 0 Å². The molecule has 0 unspecified atom stereocenters. The second-order valence-corrected chi connectivity index (χ2v) is 4.06. The van der Waals surface area contributed by atoms with Crippen LogP contribution in [-0.2, 0) is 0 Å².